The van der Waals surface area contributed by atoms with Crippen molar-refractivity contribution in [3.8, 4) is 0 Å². The zero-order valence-corrected chi connectivity index (χ0v) is 15.8. The Morgan fingerprint density at radius 2 is 1.86 bits per heavy atom. The third-order valence-electron chi connectivity index (χ3n) is 4.58. The van der Waals surface area contributed by atoms with Crippen LogP contribution in [0.3, 0.4) is 0 Å². The van der Waals surface area contributed by atoms with E-state index in [0.29, 0.717) is 25.1 Å². The Labute approximate surface area is 167 Å². The first-order valence-electron chi connectivity index (χ1n) is 8.78. The van der Waals surface area contributed by atoms with Gasteiger partial charge in [0.2, 0.25) is 17.7 Å². The van der Waals surface area contributed by atoms with Gasteiger partial charge in [-0.3, -0.25) is 34.2 Å². The van der Waals surface area contributed by atoms with Crippen molar-refractivity contribution in [1.29, 1.82) is 0 Å². The van der Waals surface area contributed by atoms with Crippen LogP contribution in [0.1, 0.15) is 52.8 Å². The van der Waals surface area contributed by atoms with Crippen LogP contribution in [0.4, 0.5) is 5.69 Å². The summed E-state index contributed by atoms with van der Waals surface area (Å²) in [5.74, 6) is -2.47. The van der Waals surface area contributed by atoms with Gasteiger partial charge in [-0.1, -0.05) is 0 Å². The van der Waals surface area contributed by atoms with Crippen molar-refractivity contribution in [2.24, 2.45) is 5.73 Å². The molecule has 2 aliphatic heterocycles. The van der Waals surface area contributed by atoms with Crippen LogP contribution in [-0.4, -0.2) is 47.0 Å². The second-order valence-electron chi connectivity index (χ2n) is 6.50. The second kappa shape index (κ2) is 8.94. The van der Waals surface area contributed by atoms with Crippen LogP contribution in [0, 0.1) is 0 Å². The average Bonchev–Trinajstić information content (AvgIpc) is 2.86. The molecule has 0 radical (unpaired) electrons. The van der Waals surface area contributed by atoms with Gasteiger partial charge in [0.15, 0.2) is 0 Å². The number of fused-ring (bicyclic) bond motifs is 1. The second-order valence-corrected chi connectivity index (χ2v) is 6.50. The Kier molecular flexibility index (Phi) is 6.87. The number of nitrogens with zero attached hydrogens (tertiary/aromatic N) is 1. The first-order chi connectivity index (χ1) is 12.9. The number of hydrogen-bond donors (Lipinski definition) is 3. The first-order valence-corrected chi connectivity index (χ1v) is 8.78. The smallest absolute Gasteiger partial charge is 0.262 e. The number of unbranched alkanes of at least 4 members (excludes halogenated alkanes) is 1. The highest BCUT2D eigenvalue weighted by Gasteiger charge is 2.44. The number of carbonyl (C=O) groups is 5. The number of nitrogens with two attached hydrogens (primary N) is 1. The van der Waals surface area contributed by atoms with Gasteiger partial charge in [0.1, 0.15) is 6.04 Å². The molecule has 2 aliphatic rings. The predicted octanol–water partition coefficient (Wildman–Crippen LogP) is 0.577. The maximum atomic E-state index is 12.7. The van der Waals surface area contributed by atoms with Crippen molar-refractivity contribution in [2.45, 2.75) is 38.1 Å². The lowest BCUT2D eigenvalue weighted by molar-refractivity contribution is -0.136. The zero-order chi connectivity index (χ0) is 19.6. The third kappa shape index (κ3) is 4.20. The molecule has 0 aliphatic carbocycles. The van der Waals surface area contributed by atoms with Crippen molar-refractivity contribution < 1.29 is 24.0 Å². The molecular formula is C18H21ClN4O5. The molecule has 3 rings (SSSR count). The normalized spacial score (nSPS) is 18.5. The number of benzene rings is 1. The Bertz CT molecular complexity index is 841. The van der Waals surface area contributed by atoms with Crippen molar-refractivity contribution in [3.63, 3.8) is 0 Å². The van der Waals surface area contributed by atoms with Gasteiger partial charge in [-0.15, -0.1) is 12.4 Å². The summed E-state index contributed by atoms with van der Waals surface area (Å²) in [6.45, 7) is 0.513. The van der Waals surface area contributed by atoms with Crippen LogP contribution in [0.5, 0.6) is 0 Å². The van der Waals surface area contributed by atoms with Gasteiger partial charge in [-0.2, -0.15) is 0 Å². The fraction of sp³-hybridized carbons (Fsp3) is 0.389. The summed E-state index contributed by atoms with van der Waals surface area (Å²) >= 11 is 0. The van der Waals surface area contributed by atoms with Gasteiger partial charge in [-0.05, 0) is 44.0 Å². The lowest BCUT2D eigenvalue weighted by Gasteiger charge is -2.27. The number of rotatable bonds is 6. The molecule has 150 valence electrons. The van der Waals surface area contributed by atoms with E-state index >= 15 is 0 Å². The number of piperidine rings is 1. The monoisotopic (exact) mass is 408 g/mol. The number of amides is 5. The van der Waals surface area contributed by atoms with Crippen LogP contribution in [0.2, 0.25) is 0 Å². The van der Waals surface area contributed by atoms with Crippen LogP contribution < -0.4 is 16.4 Å². The summed E-state index contributed by atoms with van der Waals surface area (Å²) in [6.07, 6.45) is 1.87. The van der Waals surface area contributed by atoms with Crippen molar-refractivity contribution in [2.75, 3.05) is 11.9 Å². The maximum Gasteiger partial charge on any atom is 0.262 e. The minimum absolute atomic E-state index is 0. The summed E-state index contributed by atoms with van der Waals surface area (Å²) in [5.41, 5.74) is 6.10. The summed E-state index contributed by atoms with van der Waals surface area (Å²) in [4.78, 5) is 61.4. The molecule has 28 heavy (non-hydrogen) atoms. The Hall–Kier alpha value is -2.78. The van der Waals surface area contributed by atoms with E-state index in [1.54, 1.807) is 6.07 Å². The minimum atomic E-state index is -1.01. The largest absolute Gasteiger partial charge is 0.330 e. The van der Waals surface area contributed by atoms with Crippen molar-refractivity contribution >= 4 is 47.6 Å². The van der Waals surface area contributed by atoms with Crippen LogP contribution >= 0.6 is 12.4 Å². The van der Waals surface area contributed by atoms with E-state index in [1.807, 2.05) is 0 Å². The van der Waals surface area contributed by atoms with Gasteiger partial charge in [-0.25, -0.2) is 0 Å². The Morgan fingerprint density at radius 1 is 1.14 bits per heavy atom. The van der Waals surface area contributed by atoms with E-state index < -0.39 is 29.7 Å². The SMILES string of the molecule is Cl.NCCCCC(=O)Nc1ccc2c(c1)C(=O)N(C1CCC(=O)NC1=O)C2=O. The van der Waals surface area contributed by atoms with Gasteiger partial charge in [0.05, 0.1) is 11.1 Å². The van der Waals surface area contributed by atoms with E-state index in [-0.39, 0.29) is 42.3 Å². The molecule has 1 saturated heterocycles. The molecule has 1 aromatic carbocycles. The van der Waals surface area contributed by atoms with Crippen molar-refractivity contribution in [3.05, 3.63) is 29.3 Å². The fourth-order valence-electron chi connectivity index (χ4n) is 3.20. The number of anilines is 1. The Morgan fingerprint density at radius 3 is 2.54 bits per heavy atom. The average molecular weight is 409 g/mol. The molecule has 2 heterocycles. The highest BCUT2D eigenvalue weighted by molar-refractivity contribution is 6.23. The van der Waals surface area contributed by atoms with Gasteiger partial charge in [0, 0.05) is 18.5 Å². The molecule has 4 N–H and O–H groups in total. The van der Waals surface area contributed by atoms with Crippen molar-refractivity contribution in [1.82, 2.24) is 10.2 Å². The Balaban J connectivity index is 0.00000280. The highest BCUT2D eigenvalue weighted by Crippen LogP contribution is 2.29. The summed E-state index contributed by atoms with van der Waals surface area (Å²) in [5, 5.41) is 4.84. The van der Waals surface area contributed by atoms with Crippen LogP contribution in [0.15, 0.2) is 18.2 Å². The van der Waals surface area contributed by atoms with E-state index in [2.05, 4.69) is 10.6 Å². The fourth-order valence-corrected chi connectivity index (χ4v) is 3.20. The molecule has 0 aromatic heterocycles. The zero-order valence-electron chi connectivity index (χ0n) is 15.0. The van der Waals surface area contributed by atoms with E-state index in [1.165, 1.54) is 12.1 Å². The standard InChI is InChI=1S/C18H20N4O5.ClH/c19-8-2-1-3-14(23)20-10-4-5-11-12(9-10)18(27)22(17(11)26)13-6-7-15(24)21-16(13)25;/h4-5,9,13H,1-3,6-8,19H2,(H,20,23)(H,21,24,25);1H. The lowest BCUT2D eigenvalue weighted by atomic mass is 10.0. The molecule has 1 atom stereocenters. The van der Waals surface area contributed by atoms with Crippen LogP contribution in [-0.2, 0) is 14.4 Å². The van der Waals surface area contributed by atoms with Gasteiger partial charge in [0.25, 0.3) is 11.8 Å². The summed E-state index contributed by atoms with van der Waals surface area (Å²) in [6, 6.07) is 3.42. The minimum Gasteiger partial charge on any atom is -0.330 e. The number of nitrogens with one attached hydrogen (secondary N) is 2. The molecule has 1 fully saturated rings. The van der Waals surface area contributed by atoms with E-state index in [4.69, 9.17) is 5.73 Å². The maximum absolute atomic E-state index is 12.7. The lowest BCUT2D eigenvalue weighted by Crippen LogP contribution is -2.54. The molecule has 0 saturated carbocycles. The molecule has 1 unspecified atom stereocenters. The number of hydrogen-bond acceptors (Lipinski definition) is 6. The predicted molar refractivity (Wildman–Crippen MR) is 102 cm³/mol. The molecule has 0 bridgehead atoms. The molecule has 9 nitrogen and oxygen atoms in total. The van der Waals surface area contributed by atoms with Gasteiger partial charge < -0.3 is 11.1 Å². The molecule has 0 spiro atoms. The molecule has 10 heteroatoms. The number of halogens is 1. The topological polar surface area (TPSA) is 139 Å². The quantitative estimate of drug-likeness (QED) is 0.464. The molecule has 1 aromatic rings. The molecule has 5 amide bonds. The third-order valence-corrected chi connectivity index (χ3v) is 4.58. The van der Waals surface area contributed by atoms with Gasteiger partial charge >= 0.3 is 0 Å². The summed E-state index contributed by atoms with van der Waals surface area (Å²) < 4.78 is 0. The number of imide groups is 2. The highest BCUT2D eigenvalue weighted by atomic mass is 35.5. The van der Waals surface area contributed by atoms with E-state index in [0.717, 1.165) is 11.3 Å². The van der Waals surface area contributed by atoms with Crippen LogP contribution in [0.25, 0.3) is 0 Å². The summed E-state index contributed by atoms with van der Waals surface area (Å²) in [7, 11) is 0. The first kappa shape index (κ1) is 21.5. The number of carbonyl (C=O) groups excluding carboxylic acids is 5. The van der Waals surface area contributed by atoms with E-state index in [9.17, 15) is 24.0 Å². The molecular weight excluding hydrogens is 388 g/mol.